The number of nitrogens with zero attached hydrogens (tertiary/aromatic N) is 3. The molecular weight excluding hydrogens is 538 g/mol. The highest BCUT2D eigenvalue weighted by atomic mass is 16.3. The van der Waals surface area contributed by atoms with Gasteiger partial charge in [0.15, 0.2) is 17.5 Å². The van der Waals surface area contributed by atoms with Gasteiger partial charge in [-0.1, -0.05) is 69.9 Å². The highest BCUT2D eigenvalue weighted by molar-refractivity contribution is 5.99. The van der Waals surface area contributed by atoms with Crippen LogP contribution in [0.15, 0.2) is 54.6 Å². The smallest absolute Gasteiger partial charge is 0.167 e. The monoisotopic (exact) mass is 577 g/mol. The van der Waals surface area contributed by atoms with Gasteiger partial charge in [0.25, 0.3) is 0 Å². The number of aryl methyl sites for hydroxylation is 1. The number of unbranched alkanes of at least 4 members (excludes halogenated alkanes) is 1. The van der Waals surface area contributed by atoms with Crippen molar-refractivity contribution in [3.63, 3.8) is 0 Å². The molecule has 1 atom stereocenters. The Labute approximate surface area is 252 Å². The maximum absolute atomic E-state index is 11.0. The lowest BCUT2D eigenvalue weighted by Gasteiger charge is -2.19. The average molecular weight is 578 g/mol. The maximum atomic E-state index is 11.0. The molecule has 0 spiro atoms. The van der Waals surface area contributed by atoms with Crippen molar-refractivity contribution in [1.82, 2.24) is 15.0 Å². The van der Waals surface area contributed by atoms with E-state index in [1.807, 2.05) is 6.07 Å². The van der Waals surface area contributed by atoms with Gasteiger partial charge >= 0.3 is 0 Å². The number of rotatable bonds is 9. The first-order valence-corrected chi connectivity index (χ1v) is 15.0. The molecule has 222 valence electrons. The number of fused-ring (bicyclic) bond motifs is 1. The molecule has 1 unspecified atom stereocenters. The van der Waals surface area contributed by atoms with E-state index in [0.29, 0.717) is 34.0 Å². The average Bonchev–Trinajstić information content (AvgIpc) is 3.00. The second-order valence-electron chi connectivity index (χ2n) is 11.4. The third kappa shape index (κ3) is 5.72. The van der Waals surface area contributed by atoms with Crippen LogP contribution >= 0.6 is 0 Å². The minimum Gasteiger partial charge on any atom is -0.508 e. The van der Waals surface area contributed by atoms with Crippen LogP contribution in [0.5, 0.6) is 23.0 Å². The first-order chi connectivity index (χ1) is 20.6. The van der Waals surface area contributed by atoms with Crippen LogP contribution < -0.4 is 0 Å². The third-order valence-electron chi connectivity index (χ3n) is 8.52. The molecule has 5 aromatic rings. The predicted octanol–water partition coefficient (Wildman–Crippen LogP) is 8.53. The van der Waals surface area contributed by atoms with Crippen LogP contribution in [0.4, 0.5) is 0 Å². The van der Waals surface area contributed by atoms with Gasteiger partial charge in [-0.25, -0.2) is 15.0 Å². The number of hydrogen-bond acceptors (Lipinski definition) is 7. The van der Waals surface area contributed by atoms with Gasteiger partial charge in [0.1, 0.15) is 23.0 Å². The fraction of sp³-hybridized carbons (Fsp3) is 0.306. The zero-order valence-corrected chi connectivity index (χ0v) is 25.4. The summed E-state index contributed by atoms with van der Waals surface area (Å²) in [6, 6.07) is 16.7. The largest absolute Gasteiger partial charge is 0.508 e. The predicted molar refractivity (Wildman–Crippen MR) is 172 cm³/mol. The van der Waals surface area contributed by atoms with Gasteiger partial charge in [0, 0.05) is 16.7 Å². The lowest BCUT2D eigenvalue weighted by molar-refractivity contribution is 0.443. The van der Waals surface area contributed by atoms with Crippen LogP contribution in [-0.4, -0.2) is 35.4 Å². The first-order valence-electron chi connectivity index (χ1n) is 15.0. The van der Waals surface area contributed by atoms with Crippen molar-refractivity contribution < 1.29 is 20.4 Å². The molecule has 0 aliphatic heterocycles. The normalized spacial score (nSPS) is 12.1. The molecule has 7 heteroatoms. The molecule has 7 nitrogen and oxygen atoms in total. The molecule has 0 bridgehead atoms. The topological polar surface area (TPSA) is 120 Å². The molecule has 1 heterocycles. The summed E-state index contributed by atoms with van der Waals surface area (Å²) < 4.78 is 0. The highest BCUT2D eigenvalue weighted by Crippen LogP contribution is 2.41. The third-order valence-corrected chi connectivity index (χ3v) is 8.52. The van der Waals surface area contributed by atoms with E-state index >= 15 is 0 Å². The Morgan fingerprint density at radius 2 is 1.21 bits per heavy atom. The van der Waals surface area contributed by atoms with Gasteiger partial charge in [-0.2, -0.15) is 0 Å². The molecule has 0 aliphatic rings. The van der Waals surface area contributed by atoms with Gasteiger partial charge in [-0.05, 0) is 79.3 Å². The Balaban J connectivity index is 1.77. The van der Waals surface area contributed by atoms with E-state index in [1.54, 1.807) is 26.0 Å². The van der Waals surface area contributed by atoms with E-state index in [0.717, 1.165) is 34.7 Å². The van der Waals surface area contributed by atoms with E-state index in [-0.39, 0.29) is 34.6 Å². The fourth-order valence-electron chi connectivity index (χ4n) is 5.79. The van der Waals surface area contributed by atoms with Crippen LogP contribution in [0.2, 0.25) is 0 Å². The number of aromatic nitrogens is 3. The number of hydrogen-bond donors (Lipinski definition) is 4. The quantitative estimate of drug-likeness (QED) is 0.139. The van der Waals surface area contributed by atoms with Crippen molar-refractivity contribution in [1.29, 1.82) is 0 Å². The molecule has 0 saturated carbocycles. The minimum atomic E-state index is -0.135. The number of aromatic hydroxyl groups is 4. The second kappa shape index (κ2) is 12.3. The fourth-order valence-corrected chi connectivity index (χ4v) is 5.79. The van der Waals surface area contributed by atoms with Crippen LogP contribution in [-0.2, 0) is 6.42 Å². The van der Waals surface area contributed by atoms with Crippen molar-refractivity contribution in [3.8, 4) is 57.2 Å². The van der Waals surface area contributed by atoms with Crippen LogP contribution in [0, 0.1) is 26.7 Å². The van der Waals surface area contributed by atoms with Crippen molar-refractivity contribution in [3.05, 3.63) is 76.9 Å². The van der Waals surface area contributed by atoms with Gasteiger partial charge < -0.3 is 20.4 Å². The van der Waals surface area contributed by atoms with Crippen LogP contribution in [0.3, 0.4) is 0 Å². The zero-order valence-electron chi connectivity index (χ0n) is 25.4. The molecule has 0 aliphatic carbocycles. The number of phenols is 4. The Morgan fingerprint density at radius 1 is 0.674 bits per heavy atom. The summed E-state index contributed by atoms with van der Waals surface area (Å²) in [5, 5.41) is 44.5. The maximum Gasteiger partial charge on any atom is 0.167 e. The summed E-state index contributed by atoms with van der Waals surface area (Å²) >= 11 is 0. The van der Waals surface area contributed by atoms with Gasteiger partial charge in [-0.15, -0.1) is 0 Å². The zero-order chi connectivity index (χ0) is 30.8. The molecule has 4 N–H and O–H groups in total. The molecule has 0 amide bonds. The van der Waals surface area contributed by atoms with E-state index in [1.165, 1.54) is 37.0 Å². The van der Waals surface area contributed by atoms with Gasteiger partial charge in [-0.3, -0.25) is 0 Å². The van der Waals surface area contributed by atoms with E-state index in [9.17, 15) is 20.4 Å². The molecule has 43 heavy (non-hydrogen) atoms. The van der Waals surface area contributed by atoms with Crippen molar-refractivity contribution in [2.24, 2.45) is 5.92 Å². The van der Waals surface area contributed by atoms with Crippen LogP contribution in [0.1, 0.15) is 61.8 Å². The van der Waals surface area contributed by atoms with E-state index in [4.69, 9.17) is 9.97 Å². The van der Waals surface area contributed by atoms with Gasteiger partial charge in [0.05, 0.1) is 11.1 Å². The van der Waals surface area contributed by atoms with E-state index in [2.05, 4.69) is 50.0 Å². The van der Waals surface area contributed by atoms with Crippen molar-refractivity contribution in [2.75, 3.05) is 0 Å². The van der Waals surface area contributed by atoms with Crippen LogP contribution in [0.25, 0.3) is 44.9 Å². The van der Waals surface area contributed by atoms with Crippen molar-refractivity contribution >= 4 is 10.8 Å². The van der Waals surface area contributed by atoms with Gasteiger partial charge in [0.2, 0.25) is 0 Å². The number of phenolic OH excluding ortho intramolecular Hbond substituents is 4. The highest BCUT2D eigenvalue weighted by Gasteiger charge is 2.22. The summed E-state index contributed by atoms with van der Waals surface area (Å²) in [6.45, 7) is 9.79. The second-order valence-corrected chi connectivity index (χ2v) is 11.4. The summed E-state index contributed by atoms with van der Waals surface area (Å²) in [7, 11) is 0. The summed E-state index contributed by atoms with van der Waals surface area (Å²) in [5.74, 6) is 1.05. The molecular formula is C36H39N3O4. The summed E-state index contributed by atoms with van der Waals surface area (Å²) in [5.41, 5.74) is 4.43. The van der Waals surface area contributed by atoms with E-state index < -0.39 is 0 Å². The Hall–Kier alpha value is -4.65. The first kappa shape index (κ1) is 29.8. The summed E-state index contributed by atoms with van der Waals surface area (Å²) in [6.07, 6.45) is 5.73. The molecule has 5 rings (SSSR count). The standard InChI is InChI=1S/C36H39N3O4/c1-6-8-11-23(7-2)19-24-18-20(3)31(26-13-10-9-12-25(24)26)36-38-34(27-14-16-29(40)21(4)32(27)42)37-35(39-36)28-15-17-30(41)22(5)33(28)43/h9-10,12-18,23,40-43H,6-8,11,19H2,1-5H3. The Kier molecular flexibility index (Phi) is 8.53. The Bertz CT molecular complexity index is 1740. The molecule has 4 aromatic carbocycles. The lowest BCUT2D eigenvalue weighted by atomic mass is 9.87. The summed E-state index contributed by atoms with van der Waals surface area (Å²) in [4.78, 5) is 14.4. The Morgan fingerprint density at radius 3 is 1.74 bits per heavy atom. The lowest BCUT2D eigenvalue weighted by Crippen LogP contribution is -2.06. The number of benzene rings is 4. The molecule has 1 aromatic heterocycles. The minimum absolute atomic E-state index is 0.0377. The van der Waals surface area contributed by atoms with Crippen molar-refractivity contribution in [2.45, 2.75) is 66.7 Å². The molecule has 0 saturated heterocycles. The molecule has 0 radical (unpaired) electrons. The SMILES string of the molecule is CCCCC(CC)Cc1cc(C)c(-c2nc(-c3ccc(O)c(C)c3O)nc(-c3ccc(O)c(C)c3O)n2)c2ccccc12. The molecule has 0 fully saturated rings.